The zero-order valence-corrected chi connectivity index (χ0v) is 13.1. The molecule has 0 rings (SSSR count). The summed E-state index contributed by atoms with van der Waals surface area (Å²) in [5.41, 5.74) is 0. The van der Waals surface area contributed by atoms with Crippen LogP contribution in [0.15, 0.2) is 4.15 Å². The van der Waals surface area contributed by atoms with Gasteiger partial charge in [-0.2, -0.15) is 39.5 Å². The average Bonchev–Trinajstić information content (AvgIpc) is 2.26. The fraction of sp³-hybridized carbons (Fsp3) is 1.00. The molecule has 0 radical (unpaired) electrons. The van der Waals surface area contributed by atoms with E-state index in [9.17, 15) is 47.9 Å². The lowest BCUT2D eigenvalue weighted by molar-refractivity contribution is -0.177. The number of nitrogens with zero attached hydrogens (tertiary/aromatic N) is 1. The van der Waals surface area contributed by atoms with Gasteiger partial charge in [0.1, 0.15) is 0 Å². The normalized spacial score (nSPS) is 14.8. The van der Waals surface area contributed by atoms with Crippen molar-refractivity contribution in [2.45, 2.75) is 18.5 Å². The van der Waals surface area contributed by atoms with E-state index in [1.807, 2.05) is 0 Å². The van der Waals surface area contributed by atoms with Crippen LogP contribution in [0.5, 0.6) is 0 Å². The van der Waals surface area contributed by atoms with Crippen molar-refractivity contribution in [3.05, 3.63) is 0 Å². The summed E-state index contributed by atoms with van der Waals surface area (Å²) >= 11 is 0. The van der Waals surface area contributed by atoms with Crippen molar-refractivity contribution in [2.24, 2.45) is 4.15 Å². The third-order valence-electron chi connectivity index (χ3n) is 1.42. The van der Waals surface area contributed by atoms with Crippen molar-refractivity contribution in [1.82, 2.24) is 0 Å². The van der Waals surface area contributed by atoms with Crippen LogP contribution in [-0.2, 0) is 23.6 Å². The first-order valence-electron chi connectivity index (χ1n) is 5.30. The Morgan fingerprint density at radius 1 is 0.750 bits per heavy atom. The maximum absolute atomic E-state index is 12.1. The molecule has 24 heavy (non-hydrogen) atoms. The van der Waals surface area contributed by atoms with Gasteiger partial charge in [-0.3, -0.25) is 13.6 Å². The van der Waals surface area contributed by atoms with Gasteiger partial charge in [-0.15, -0.1) is 4.15 Å². The van der Waals surface area contributed by atoms with Crippen LogP contribution in [0.1, 0.15) is 0 Å². The van der Waals surface area contributed by atoms with Gasteiger partial charge in [0.05, 0.1) is 6.26 Å². The molecule has 0 spiro atoms. The molecule has 0 aliphatic heterocycles. The first-order chi connectivity index (χ1) is 10.3. The van der Waals surface area contributed by atoms with E-state index in [1.165, 1.54) is 0 Å². The Kier molecular flexibility index (Phi) is 7.58. The molecule has 0 saturated carbocycles. The highest BCUT2D eigenvalue weighted by molar-refractivity contribution is 7.92. The van der Waals surface area contributed by atoms with Gasteiger partial charge in [0.2, 0.25) is 0 Å². The molecule has 0 aromatic rings. The van der Waals surface area contributed by atoms with E-state index in [4.69, 9.17) is 0 Å². The van der Waals surface area contributed by atoms with Crippen LogP contribution >= 0.6 is 7.74 Å². The van der Waals surface area contributed by atoms with Crippen molar-refractivity contribution in [3.8, 4) is 0 Å². The molecule has 0 N–H and O–H groups in total. The second kappa shape index (κ2) is 7.76. The zero-order chi connectivity index (χ0) is 19.4. The smallest absolute Gasteiger partial charge is 0.292 e. The minimum atomic E-state index is -5.53. The molecule has 0 heterocycles. The number of hydrogen-bond acceptors (Lipinski definition) is 5. The lowest BCUT2D eigenvalue weighted by Gasteiger charge is -2.24. The van der Waals surface area contributed by atoms with Crippen LogP contribution in [0.3, 0.4) is 0 Å². The van der Waals surface area contributed by atoms with Gasteiger partial charge in [0.15, 0.2) is 19.8 Å². The second-order valence-corrected chi connectivity index (χ2v) is 7.78. The van der Waals surface area contributed by atoms with Gasteiger partial charge in [-0.1, -0.05) is 0 Å². The third kappa shape index (κ3) is 12.8. The van der Waals surface area contributed by atoms with Crippen molar-refractivity contribution in [2.75, 3.05) is 26.1 Å². The van der Waals surface area contributed by atoms with Crippen molar-refractivity contribution >= 4 is 17.8 Å². The van der Waals surface area contributed by atoms with E-state index >= 15 is 0 Å². The van der Waals surface area contributed by atoms with Crippen LogP contribution in [0.2, 0.25) is 0 Å². The third-order valence-corrected chi connectivity index (χ3v) is 4.78. The summed E-state index contributed by atoms with van der Waals surface area (Å²) in [6, 6.07) is 0. The van der Waals surface area contributed by atoms with Gasteiger partial charge >= 0.3 is 26.3 Å². The molecule has 0 aliphatic rings. The molecule has 0 amide bonds. The Morgan fingerprint density at radius 2 is 1.00 bits per heavy atom. The molecule has 0 bridgehead atoms. The molecule has 17 heteroatoms. The molecule has 0 saturated heterocycles. The summed E-state index contributed by atoms with van der Waals surface area (Å²) in [7, 11) is -10.3. The summed E-state index contributed by atoms with van der Waals surface area (Å²) in [6.07, 6.45) is -15.5. The molecule has 6 nitrogen and oxygen atoms in total. The molecule has 0 atom stereocenters. The SMILES string of the molecule is CS(=O)(=O)N=P(OCC(F)(F)F)(OCC(F)(F)F)OCC(F)(F)F. The lowest BCUT2D eigenvalue weighted by atomic mass is 10.7. The first kappa shape index (κ1) is 23.4. The summed E-state index contributed by atoms with van der Waals surface area (Å²) in [5, 5.41) is 0. The van der Waals surface area contributed by atoms with Crippen LogP contribution in [0, 0.1) is 0 Å². The van der Waals surface area contributed by atoms with Crippen LogP contribution in [0.25, 0.3) is 0 Å². The Balaban J connectivity index is 5.77. The van der Waals surface area contributed by atoms with E-state index in [2.05, 4.69) is 17.7 Å². The van der Waals surface area contributed by atoms with Crippen LogP contribution in [0.4, 0.5) is 39.5 Å². The highest BCUT2D eigenvalue weighted by atomic mass is 32.2. The Hall–Kier alpha value is -0.570. The number of alkyl halides is 9. The topological polar surface area (TPSA) is 74.2 Å². The summed E-state index contributed by atoms with van der Waals surface area (Å²) < 4.78 is 145. The maximum Gasteiger partial charge on any atom is 0.412 e. The highest BCUT2D eigenvalue weighted by Crippen LogP contribution is 2.56. The van der Waals surface area contributed by atoms with Crippen molar-refractivity contribution in [1.29, 1.82) is 0 Å². The molecule has 0 fully saturated rings. The first-order valence-corrected chi connectivity index (χ1v) is 8.64. The van der Waals surface area contributed by atoms with Gasteiger partial charge in [0, 0.05) is 0 Å². The number of sulfonamides is 1. The van der Waals surface area contributed by atoms with E-state index in [0.717, 1.165) is 0 Å². The maximum atomic E-state index is 12.1. The predicted molar refractivity (Wildman–Crippen MR) is 60.2 cm³/mol. The number of halogens is 9. The number of rotatable bonds is 7. The van der Waals surface area contributed by atoms with Crippen molar-refractivity contribution < 1.29 is 61.5 Å². The Morgan fingerprint density at radius 3 is 1.17 bits per heavy atom. The molecule has 146 valence electrons. The molecular weight excluding hydrogens is 412 g/mol. The van der Waals surface area contributed by atoms with Gasteiger partial charge < -0.3 is 0 Å². The average molecular weight is 421 g/mol. The molecule has 0 aliphatic carbocycles. The summed E-state index contributed by atoms with van der Waals surface area (Å²) in [5.74, 6) is 0. The minimum Gasteiger partial charge on any atom is -0.292 e. The van der Waals surface area contributed by atoms with E-state index in [0.29, 0.717) is 0 Å². The van der Waals surface area contributed by atoms with E-state index < -0.39 is 56.1 Å². The molecular formula is C7H9F9NO5PS. The highest BCUT2D eigenvalue weighted by Gasteiger charge is 2.42. The van der Waals surface area contributed by atoms with Gasteiger partial charge in [0.25, 0.3) is 10.0 Å². The van der Waals surface area contributed by atoms with Crippen LogP contribution < -0.4 is 0 Å². The molecule has 0 aromatic heterocycles. The quantitative estimate of drug-likeness (QED) is 0.464. The predicted octanol–water partition coefficient (Wildman–Crippen LogP) is 3.63. The molecule has 0 unspecified atom stereocenters. The zero-order valence-electron chi connectivity index (χ0n) is 11.4. The summed E-state index contributed by atoms with van der Waals surface area (Å²) in [4.78, 5) is 0. The van der Waals surface area contributed by atoms with Crippen molar-refractivity contribution in [3.63, 3.8) is 0 Å². The largest absolute Gasteiger partial charge is 0.412 e. The Labute approximate surface area is 129 Å². The fourth-order valence-electron chi connectivity index (χ4n) is 0.828. The Bertz CT molecular complexity index is 514. The standard InChI is InChI=1S/C7H9F9NO5PS/c1-24(18,19)17-23(20-2-5(8,9)10,21-3-6(11,12)13)22-4-7(14,15)16/h2-4H2,1H3. The van der Waals surface area contributed by atoms with Gasteiger partial charge in [-0.05, 0) is 0 Å². The van der Waals surface area contributed by atoms with E-state index in [-0.39, 0.29) is 6.26 Å². The summed E-state index contributed by atoms with van der Waals surface area (Å²) in [6.45, 7) is -7.35. The van der Waals surface area contributed by atoms with E-state index in [1.54, 1.807) is 0 Å². The second-order valence-electron chi connectivity index (χ2n) is 3.95. The minimum absolute atomic E-state index is 0.187. The lowest BCUT2D eigenvalue weighted by Crippen LogP contribution is -2.23. The number of hydrogen-bond donors (Lipinski definition) is 0. The van der Waals surface area contributed by atoms with Gasteiger partial charge in [-0.25, -0.2) is 8.42 Å². The monoisotopic (exact) mass is 421 g/mol. The fourth-order valence-corrected chi connectivity index (χ4v) is 4.00. The molecule has 0 aromatic carbocycles. The van der Waals surface area contributed by atoms with Crippen LogP contribution in [-0.4, -0.2) is 53.0 Å².